The van der Waals surface area contributed by atoms with Gasteiger partial charge in [-0.3, -0.25) is 4.90 Å². The Morgan fingerprint density at radius 3 is 2.73 bits per heavy atom. The van der Waals surface area contributed by atoms with Crippen molar-refractivity contribution < 1.29 is 14.3 Å². The molecule has 2 heterocycles. The van der Waals surface area contributed by atoms with Gasteiger partial charge in [-0.15, -0.1) is 0 Å². The fraction of sp³-hybridized carbons (Fsp3) is 0.500. The number of likely N-dealkylation sites (tertiary alicyclic amines) is 1. The molecule has 1 saturated heterocycles. The Labute approximate surface area is 92.4 Å². The molecule has 1 aromatic rings. The highest BCUT2D eigenvalue weighted by Gasteiger charge is 2.18. The first-order valence-corrected chi connectivity index (χ1v) is 5.28. The van der Waals surface area contributed by atoms with Crippen LogP contribution in [0.2, 0.25) is 5.22 Å². The van der Waals surface area contributed by atoms with Crippen molar-refractivity contribution >= 4 is 17.6 Å². The molecule has 0 atom stereocenters. The number of rotatable bonds is 3. The molecule has 0 aliphatic carbocycles. The van der Waals surface area contributed by atoms with Gasteiger partial charge >= 0.3 is 5.97 Å². The van der Waals surface area contributed by atoms with E-state index in [2.05, 4.69) is 4.90 Å². The minimum Gasteiger partial charge on any atom is -0.475 e. The molecular weight excluding hydrogens is 218 g/mol. The highest BCUT2D eigenvalue weighted by atomic mass is 35.5. The molecule has 1 aromatic heterocycles. The van der Waals surface area contributed by atoms with Crippen LogP contribution in [0.15, 0.2) is 10.5 Å². The van der Waals surface area contributed by atoms with Crippen LogP contribution in [-0.2, 0) is 6.54 Å². The van der Waals surface area contributed by atoms with Crippen molar-refractivity contribution in [3.05, 3.63) is 22.6 Å². The molecule has 4 nitrogen and oxygen atoms in total. The number of hydrogen-bond acceptors (Lipinski definition) is 3. The maximum Gasteiger partial charge on any atom is 0.371 e. The first-order valence-electron chi connectivity index (χ1n) is 4.90. The van der Waals surface area contributed by atoms with Crippen molar-refractivity contribution in [2.24, 2.45) is 0 Å². The second-order valence-electron chi connectivity index (χ2n) is 3.70. The van der Waals surface area contributed by atoms with Gasteiger partial charge in [0.2, 0.25) is 5.76 Å². The zero-order valence-corrected chi connectivity index (χ0v) is 8.96. The maximum atomic E-state index is 10.6. The number of furan rings is 1. The summed E-state index contributed by atoms with van der Waals surface area (Å²) >= 11 is 5.81. The molecule has 5 heteroatoms. The Morgan fingerprint density at radius 1 is 1.53 bits per heavy atom. The van der Waals surface area contributed by atoms with E-state index >= 15 is 0 Å². The third-order valence-electron chi connectivity index (χ3n) is 2.56. The predicted octanol–water partition coefficient (Wildman–Crippen LogP) is 2.23. The van der Waals surface area contributed by atoms with Gasteiger partial charge in [0, 0.05) is 12.1 Å². The van der Waals surface area contributed by atoms with Gasteiger partial charge in [0.1, 0.15) is 0 Å². The van der Waals surface area contributed by atoms with Crippen molar-refractivity contribution in [3.63, 3.8) is 0 Å². The molecule has 0 amide bonds. The fourth-order valence-corrected chi connectivity index (χ4v) is 2.00. The van der Waals surface area contributed by atoms with Gasteiger partial charge in [0.25, 0.3) is 0 Å². The highest BCUT2D eigenvalue weighted by Crippen LogP contribution is 2.24. The van der Waals surface area contributed by atoms with Gasteiger partial charge < -0.3 is 9.52 Å². The Bertz CT molecular complexity index is 369. The Kier molecular flexibility index (Phi) is 2.98. The second-order valence-corrected chi connectivity index (χ2v) is 4.04. The Balaban J connectivity index is 2.10. The zero-order chi connectivity index (χ0) is 10.8. The molecule has 0 aromatic carbocycles. The van der Waals surface area contributed by atoms with Crippen molar-refractivity contribution in [2.45, 2.75) is 19.4 Å². The van der Waals surface area contributed by atoms with Crippen LogP contribution < -0.4 is 0 Å². The highest BCUT2D eigenvalue weighted by molar-refractivity contribution is 6.29. The van der Waals surface area contributed by atoms with Crippen LogP contribution in [0.4, 0.5) is 0 Å². The fourth-order valence-electron chi connectivity index (χ4n) is 1.80. The van der Waals surface area contributed by atoms with E-state index in [0.717, 1.165) is 18.7 Å². The number of aromatic carboxylic acids is 1. The van der Waals surface area contributed by atoms with E-state index in [1.54, 1.807) is 0 Å². The van der Waals surface area contributed by atoms with Gasteiger partial charge in [0.05, 0.1) is 0 Å². The van der Waals surface area contributed by atoms with E-state index in [0.29, 0.717) is 6.54 Å². The number of carboxylic acid groups (broad SMARTS) is 1. The lowest BCUT2D eigenvalue weighted by Gasteiger charge is -2.12. The third kappa shape index (κ3) is 2.33. The molecule has 1 aliphatic rings. The molecule has 15 heavy (non-hydrogen) atoms. The largest absolute Gasteiger partial charge is 0.475 e. The van der Waals surface area contributed by atoms with Crippen molar-refractivity contribution in [1.82, 2.24) is 4.90 Å². The molecular formula is C10H12ClNO3. The summed E-state index contributed by atoms with van der Waals surface area (Å²) in [5.41, 5.74) is 0.760. The number of hydrogen-bond donors (Lipinski definition) is 1. The molecule has 0 spiro atoms. The number of halogens is 1. The van der Waals surface area contributed by atoms with Crippen molar-refractivity contribution in [2.75, 3.05) is 13.1 Å². The summed E-state index contributed by atoms with van der Waals surface area (Å²) in [6, 6.07) is 1.50. The van der Waals surface area contributed by atoms with Crippen LogP contribution in [0, 0.1) is 0 Å². The van der Waals surface area contributed by atoms with Crippen molar-refractivity contribution in [3.8, 4) is 0 Å². The van der Waals surface area contributed by atoms with Gasteiger partial charge in [-0.05, 0) is 43.6 Å². The molecule has 0 bridgehead atoms. The number of carbonyl (C=O) groups is 1. The summed E-state index contributed by atoms with van der Waals surface area (Å²) in [5, 5.41) is 8.91. The molecule has 1 N–H and O–H groups in total. The first kappa shape index (κ1) is 10.5. The molecule has 1 fully saturated rings. The minimum atomic E-state index is -1.08. The Morgan fingerprint density at radius 2 is 2.20 bits per heavy atom. The van der Waals surface area contributed by atoms with Gasteiger partial charge in [-0.1, -0.05) is 0 Å². The summed E-state index contributed by atoms with van der Waals surface area (Å²) in [7, 11) is 0. The summed E-state index contributed by atoms with van der Waals surface area (Å²) in [6.45, 7) is 2.77. The second kappa shape index (κ2) is 4.24. The van der Waals surface area contributed by atoms with Gasteiger partial charge in [-0.2, -0.15) is 0 Å². The van der Waals surface area contributed by atoms with E-state index < -0.39 is 5.97 Å². The minimum absolute atomic E-state index is 0.0887. The van der Waals surface area contributed by atoms with Crippen LogP contribution in [0.1, 0.15) is 29.0 Å². The monoisotopic (exact) mass is 229 g/mol. The maximum absolute atomic E-state index is 10.6. The summed E-state index contributed by atoms with van der Waals surface area (Å²) < 4.78 is 4.93. The smallest absolute Gasteiger partial charge is 0.371 e. The third-order valence-corrected chi connectivity index (χ3v) is 2.88. The summed E-state index contributed by atoms with van der Waals surface area (Å²) in [4.78, 5) is 12.9. The molecule has 0 radical (unpaired) electrons. The number of nitrogens with zero attached hydrogens (tertiary/aromatic N) is 1. The normalized spacial score (nSPS) is 17.1. The van der Waals surface area contributed by atoms with Crippen LogP contribution in [0.25, 0.3) is 0 Å². The topological polar surface area (TPSA) is 53.7 Å². The molecule has 0 saturated carbocycles. The van der Waals surface area contributed by atoms with Crippen LogP contribution in [0.5, 0.6) is 0 Å². The molecule has 82 valence electrons. The van der Waals surface area contributed by atoms with Crippen LogP contribution >= 0.6 is 11.6 Å². The quantitative estimate of drug-likeness (QED) is 0.864. The van der Waals surface area contributed by atoms with Gasteiger partial charge in [-0.25, -0.2) is 4.79 Å². The van der Waals surface area contributed by atoms with Crippen LogP contribution in [0.3, 0.4) is 0 Å². The first-order chi connectivity index (χ1) is 7.16. The van der Waals surface area contributed by atoms with Gasteiger partial charge in [0.15, 0.2) is 5.22 Å². The number of carboxylic acids is 1. The molecule has 2 rings (SSSR count). The van der Waals surface area contributed by atoms with E-state index in [1.807, 2.05) is 0 Å². The average Bonchev–Trinajstić information content (AvgIpc) is 2.77. The zero-order valence-electron chi connectivity index (χ0n) is 8.20. The molecule has 0 unspecified atom stereocenters. The lowest BCUT2D eigenvalue weighted by Crippen LogP contribution is -2.18. The SMILES string of the molecule is O=C(O)c1cc(CN2CCCC2)c(Cl)o1. The summed E-state index contributed by atoms with van der Waals surface area (Å²) in [5.74, 6) is -1.17. The Hall–Kier alpha value is -1.00. The standard InChI is InChI=1S/C10H12ClNO3/c11-9-7(5-8(15-9)10(13)14)6-12-3-1-2-4-12/h5H,1-4,6H2,(H,13,14). The lowest BCUT2D eigenvalue weighted by molar-refractivity contribution is 0.0662. The summed E-state index contributed by atoms with van der Waals surface area (Å²) in [6.07, 6.45) is 2.39. The average molecular weight is 230 g/mol. The van der Waals surface area contributed by atoms with E-state index in [1.165, 1.54) is 18.9 Å². The van der Waals surface area contributed by atoms with E-state index in [4.69, 9.17) is 21.1 Å². The van der Waals surface area contributed by atoms with E-state index in [-0.39, 0.29) is 11.0 Å². The van der Waals surface area contributed by atoms with E-state index in [9.17, 15) is 4.79 Å². The lowest BCUT2D eigenvalue weighted by atomic mass is 10.3. The van der Waals surface area contributed by atoms with Crippen LogP contribution in [-0.4, -0.2) is 29.1 Å². The predicted molar refractivity (Wildman–Crippen MR) is 55.2 cm³/mol. The molecule has 1 aliphatic heterocycles. The van der Waals surface area contributed by atoms with Crippen molar-refractivity contribution in [1.29, 1.82) is 0 Å².